The second-order valence-electron chi connectivity index (χ2n) is 2.70. The molecule has 74 valence electrons. The van der Waals surface area contributed by atoms with Crippen molar-refractivity contribution in [2.45, 2.75) is 6.10 Å². The molecule has 0 aliphatic rings. The van der Waals surface area contributed by atoms with Crippen LogP contribution in [0.3, 0.4) is 0 Å². The van der Waals surface area contributed by atoms with Gasteiger partial charge in [0.25, 0.3) is 0 Å². The van der Waals surface area contributed by atoms with Gasteiger partial charge in [-0.2, -0.15) is 0 Å². The van der Waals surface area contributed by atoms with E-state index in [1.54, 1.807) is 6.07 Å². The Hall–Kier alpha value is -1.68. The fourth-order valence-corrected chi connectivity index (χ4v) is 0.895. The van der Waals surface area contributed by atoms with Crippen LogP contribution in [0, 0.1) is 5.82 Å². The molecule has 1 atom stereocenters. The van der Waals surface area contributed by atoms with E-state index in [9.17, 15) is 9.18 Å². The van der Waals surface area contributed by atoms with Crippen molar-refractivity contribution in [2.24, 2.45) is 0 Å². The highest BCUT2D eigenvalue weighted by Crippen LogP contribution is 2.05. The second-order valence-corrected chi connectivity index (χ2v) is 2.70. The maximum atomic E-state index is 12.6. The Balaban J connectivity index is 2.73. The maximum absolute atomic E-state index is 12.6. The number of hydrogen-bond donors (Lipinski definition) is 2. The van der Waals surface area contributed by atoms with Crippen LogP contribution in [-0.2, 0) is 4.79 Å². The SMILES string of the molecule is O=C(O)C(O)C=Cc1cccc(F)c1. The van der Waals surface area contributed by atoms with Gasteiger partial charge in [0.05, 0.1) is 0 Å². The lowest BCUT2D eigenvalue weighted by atomic mass is 10.2. The van der Waals surface area contributed by atoms with Crippen molar-refractivity contribution in [1.82, 2.24) is 0 Å². The van der Waals surface area contributed by atoms with Crippen LogP contribution in [0.1, 0.15) is 5.56 Å². The van der Waals surface area contributed by atoms with Gasteiger partial charge in [0.1, 0.15) is 5.82 Å². The summed E-state index contributed by atoms with van der Waals surface area (Å²) in [5, 5.41) is 17.2. The first-order chi connectivity index (χ1) is 6.59. The zero-order chi connectivity index (χ0) is 10.6. The smallest absolute Gasteiger partial charge is 0.336 e. The van der Waals surface area contributed by atoms with Crippen molar-refractivity contribution in [2.75, 3.05) is 0 Å². The molecule has 0 bridgehead atoms. The molecule has 0 spiro atoms. The van der Waals surface area contributed by atoms with Gasteiger partial charge in [-0.1, -0.05) is 18.2 Å². The van der Waals surface area contributed by atoms with E-state index in [1.807, 2.05) is 0 Å². The number of halogens is 1. The van der Waals surface area contributed by atoms with Gasteiger partial charge in [-0.25, -0.2) is 9.18 Å². The first-order valence-corrected chi connectivity index (χ1v) is 3.94. The highest BCUT2D eigenvalue weighted by atomic mass is 19.1. The highest BCUT2D eigenvalue weighted by molar-refractivity contribution is 5.75. The Morgan fingerprint density at radius 2 is 2.21 bits per heavy atom. The quantitative estimate of drug-likeness (QED) is 0.765. The lowest BCUT2D eigenvalue weighted by Gasteiger charge is -1.97. The lowest BCUT2D eigenvalue weighted by Crippen LogP contribution is -2.15. The molecule has 0 saturated heterocycles. The van der Waals surface area contributed by atoms with Crippen LogP contribution in [0.2, 0.25) is 0 Å². The van der Waals surface area contributed by atoms with Crippen molar-refractivity contribution in [3.05, 3.63) is 41.7 Å². The molecule has 0 fully saturated rings. The van der Waals surface area contributed by atoms with Crippen molar-refractivity contribution in [1.29, 1.82) is 0 Å². The largest absolute Gasteiger partial charge is 0.479 e. The molecule has 0 aromatic heterocycles. The van der Waals surface area contributed by atoms with Crippen LogP contribution in [0.25, 0.3) is 6.08 Å². The molecule has 2 N–H and O–H groups in total. The molecule has 1 rings (SSSR count). The molecule has 0 radical (unpaired) electrons. The van der Waals surface area contributed by atoms with Crippen LogP contribution in [-0.4, -0.2) is 22.3 Å². The number of benzene rings is 1. The van der Waals surface area contributed by atoms with Crippen molar-refractivity contribution in [3.8, 4) is 0 Å². The normalized spacial score (nSPS) is 13.0. The average Bonchev–Trinajstić information content (AvgIpc) is 2.14. The number of aliphatic hydroxyl groups is 1. The van der Waals surface area contributed by atoms with Crippen molar-refractivity contribution < 1.29 is 19.4 Å². The number of rotatable bonds is 3. The molecule has 1 aromatic carbocycles. The van der Waals surface area contributed by atoms with Crippen molar-refractivity contribution in [3.63, 3.8) is 0 Å². The third kappa shape index (κ3) is 2.99. The molecule has 3 nitrogen and oxygen atoms in total. The third-order valence-electron chi connectivity index (χ3n) is 1.57. The summed E-state index contributed by atoms with van der Waals surface area (Å²) in [4.78, 5) is 10.2. The molecule has 1 aromatic rings. The van der Waals surface area contributed by atoms with Gasteiger partial charge in [-0.05, 0) is 23.8 Å². The van der Waals surface area contributed by atoms with E-state index < -0.39 is 17.9 Å². The van der Waals surface area contributed by atoms with E-state index in [-0.39, 0.29) is 0 Å². The molecule has 0 heterocycles. The zero-order valence-electron chi connectivity index (χ0n) is 7.22. The minimum Gasteiger partial charge on any atom is -0.479 e. The topological polar surface area (TPSA) is 57.5 Å². The summed E-state index contributed by atoms with van der Waals surface area (Å²) >= 11 is 0. The van der Waals surface area contributed by atoms with E-state index in [0.717, 1.165) is 6.08 Å². The molecular weight excluding hydrogens is 187 g/mol. The van der Waals surface area contributed by atoms with Gasteiger partial charge < -0.3 is 10.2 Å². The molecule has 0 aliphatic carbocycles. The Kier molecular flexibility index (Phi) is 3.36. The summed E-state index contributed by atoms with van der Waals surface area (Å²) in [5.74, 6) is -1.74. The number of carboxylic acids is 1. The molecule has 0 saturated carbocycles. The summed E-state index contributed by atoms with van der Waals surface area (Å²) in [7, 11) is 0. The minimum absolute atomic E-state index is 0.406. The number of aliphatic hydroxyl groups excluding tert-OH is 1. The summed E-state index contributed by atoms with van der Waals surface area (Å²) < 4.78 is 12.6. The molecular formula is C10H9FO3. The Labute approximate surface area is 80.1 Å². The Bertz CT molecular complexity index is 360. The summed E-state index contributed by atoms with van der Waals surface area (Å²) in [6.07, 6.45) is 0.872. The lowest BCUT2D eigenvalue weighted by molar-refractivity contribution is -0.143. The van der Waals surface area contributed by atoms with Gasteiger partial charge in [0.15, 0.2) is 6.10 Å². The number of carboxylic acid groups (broad SMARTS) is 1. The van der Waals surface area contributed by atoms with Gasteiger partial charge in [0, 0.05) is 0 Å². The number of hydrogen-bond acceptors (Lipinski definition) is 2. The minimum atomic E-state index is -1.56. The summed E-state index contributed by atoms with van der Waals surface area (Å²) in [6.45, 7) is 0. The molecule has 4 heteroatoms. The standard InChI is InChI=1S/C10H9FO3/c11-8-3-1-2-7(6-8)4-5-9(12)10(13)14/h1-6,9,12H,(H,13,14). The molecule has 14 heavy (non-hydrogen) atoms. The van der Waals surface area contributed by atoms with Crippen LogP contribution in [0.5, 0.6) is 0 Å². The monoisotopic (exact) mass is 196 g/mol. The summed E-state index contributed by atoms with van der Waals surface area (Å²) in [5.41, 5.74) is 0.505. The average molecular weight is 196 g/mol. The van der Waals surface area contributed by atoms with E-state index in [2.05, 4.69) is 0 Å². The Morgan fingerprint density at radius 1 is 1.50 bits per heavy atom. The van der Waals surface area contributed by atoms with Crippen LogP contribution in [0.4, 0.5) is 4.39 Å². The molecule has 0 amide bonds. The van der Waals surface area contributed by atoms with E-state index in [0.29, 0.717) is 5.56 Å². The van der Waals surface area contributed by atoms with Crippen LogP contribution >= 0.6 is 0 Å². The van der Waals surface area contributed by atoms with Crippen LogP contribution < -0.4 is 0 Å². The van der Waals surface area contributed by atoms with E-state index in [1.165, 1.54) is 24.3 Å². The third-order valence-corrected chi connectivity index (χ3v) is 1.57. The van der Waals surface area contributed by atoms with Crippen LogP contribution in [0.15, 0.2) is 30.3 Å². The Morgan fingerprint density at radius 3 is 2.79 bits per heavy atom. The van der Waals surface area contributed by atoms with E-state index >= 15 is 0 Å². The van der Waals surface area contributed by atoms with E-state index in [4.69, 9.17) is 10.2 Å². The maximum Gasteiger partial charge on any atom is 0.336 e. The predicted octanol–water partition coefficient (Wildman–Crippen LogP) is 1.28. The van der Waals surface area contributed by atoms with Gasteiger partial charge in [-0.15, -0.1) is 0 Å². The zero-order valence-corrected chi connectivity index (χ0v) is 7.22. The molecule has 1 unspecified atom stereocenters. The predicted molar refractivity (Wildman–Crippen MR) is 49.1 cm³/mol. The fraction of sp³-hybridized carbons (Fsp3) is 0.100. The van der Waals surface area contributed by atoms with Crippen molar-refractivity contribution >= 4 is 12.0 Å². The number of carbonyl (C=O) groups is 1. The fourth-order valence-electron chi connectivity index (χ4n) is 0.895. The first-order valence-electron chi connectivity index (χ1n) is 3.94. The van der Waals surface area contributed by atoms with Gasteiger partial charge in [-0.3, -0.25) is 0 Å². The van der Waals surface area contributed by atoms with Gasteiger partial charge in [0.2, 0.25) is 0 Å². The number of aliphatic carboxylic acids is 1. The summed E-state index contributed by atoms with van der Waals surface area (Å²) in [6, 6.07) is 5.63. The van der Waals surface area contributed by atoms with Gasteiger partial charge >= 0.3 is 5.97 Å². The first kappa shape index (κ1) is 10.4. The second kappa shape index (κ2) is 4.53. The highest BCUT2D eigenvalue weighted by Gasteiger charge is 2.07. The molecule has 0 aliphatic heterocycles.